The lowest BCUT2D eigenvalue weighted by molar-refractivity contribution is 0.0526. The molecule has 1 rings (SSSR count). The number of esters is 1. The van der Waals surface area contributed by atoms with Crippen LogP contribution in [0, 0.1) is 0 Å². The first kappa shape index (κ1) is 21.0. The number of carbonyl (C=O) groups is 2. The van der Waals surface area contributed by atoms with E-state index in [1.54, 1.807) is 24.0 Å². The number of ether oxygens (including phenoxy) is 2. The first-order chi connectivity index (χ1) is 12.0. The van der Waals surface area contributed by atoms with Gasteiger partial charge in [-0.05, 0) is 56.9 Å². The second kappa shape index (κ2) is 10.7. The van der Waals surface area contributed by atoms with E-state index in [4.69, 9.17) is 9.47 Å². The van der Waals surface area contributed by atoms with E-state index in [0.717, 1.165) is 36.8 Å². The molecule has 0 fully saturated rings. The van der Waals surface area contributed by atoms with E-state index < -0.39 is 0 Å². The van der Waals surface area contributed by atoms with Crippen LogP contribution >= 0.6 is 0 Å². The smallest absolute Gasteiger partial charge is 0.415 e. The second-order valence-corrected chi connectivity index (χ2v) is 5.88. The van der Waals surface area contributed by atoms with Gasteiger partial charge in [-0.15, -0.1) is 0 Å². The molecule has 0 aliphatic carbocycles. The molecule has 0 saturated carbocycles. The van der Waals surface area contributed by atoms with Crippen molar-refractivity contribution < 1.29 is 19.1 Å². The number of hydrogen-bond donors (Lipinski definition) is 0. The van der Waals surface area contributed by atoms with Crippen molar-refractivity contribution in [3.05, 3.63) is 28.8 Å². The zero-order valence-electron chi connectivity index (χ0n) is 16.2. The van der Waals surface area contributed by atoms with Gasteiger partial charge in [0.25, 0.3) is 0 Å². The van der Waals surface area contributed by atoms with Gasteiger partial charge in [0, 0.05) is 13.1 Å². The number of amides is 1. The number of benzene rings is 1. The monoisotopic (exact) mass is 349 g/mol. The van der Waals surface area contributed by atoms with Crippen LogP contribution in [0.4, 0.5) is 4.79 Å². The lowest BCUT2D eigenvalue weighted by Gasteiger charge is -2.21. The Bertz CT molecular complexity index is 552. The van der Waals surface area contributed by atoms with Crippen molar-refractivity contribution in [1.29, 1.82) is 0 Å². The number of rotatable bonds is 9. The van der Waals surface area contributed by atoms with Crippen LogP contribution in [0.2, 0.25) is 0 Å². The van der Waals surface area contributed by atoms with E-state index in [1.807, 2.05) is 13.8 Å². The van der Waals surface area contributed by atoms with Crippen LogP contribution in [0.1, 0.15) is 68.9 Å². The predicted octanol–water partition coefficient (Wildman–Crippen LogP) is 4.61. The zero-order chi connectivity index (χ0) is 18.8. The van der Waals surface area contributed by atoms with E-state index >= 15 is 0 Å². The Balaban J connectivity index is 3.31. The minimum atomic E-state index is -0.344. The number of carbonyl (C=O) groups excluding carboxylic acids is 2. The molecule has 0 aromatic heterocycles. The zero-order valence-corrected chi connectivity index (χ0v) is 16.2. The first-order valence-electron chi connectivity index (χ1n) is 9.31. The highest BCUT2D eigenvalue weighted by atomic mass is 16.6. The van der Waals surface area contributed by atoms with Crippen molar-refractivity contribution in [3.8, 4) is 5.75 Å². The van der Waals surface area contributed by atoms with Gasteiger partial charge >= 0.3 is 12.1 Å². The fraction of sp³-hybridized carbons (Fsp3) is 0.600. The molecule has 0 aliphatic heterocycles. The van der Waals surface area contributed by atoms with Gasteiger partial charge in [-0.1, -0.05) is 26.7 Å². The Morgan fingerprint density at radius 2 is 1.44 bits per heavy atom. The average Bonchev–Trinajstić information content (AvgIpc) is 2.59. The topological polar surface area (TPSA) is 55.8 Å². The molecule has 0 heterocycles. The van der Waals surface area contributed by atoms with Crippen LogP contribution in [-0.2, 0) is 17.6 Å². The van der Waals surface area contributed by atoms with Crippen LogP contribution in [-0.4, -0.2) is 36.7 Å². The Kier molecular flexibility index (Phi) is 9.03. The van der Waals surface area contributed by atoms with Crippen molar-refractivity contribution in [1.82, 2.24) is 4.90 Å². The second-order valence-electron chi connectivity index (χ2n) is 5.88. The van der Waals surface area contributed by atoms with Crippen LogP contribution in [0.5, 0.6) is 5.75 Å². The lowest BCUT2D eigenvalue weighted by atomic mass is 9.98. The van der Waals surface area contributed by atoms with Crippen LogP contribution in [0.25, 0.3) is 0 Å². The molecule has 5 nitrogen and oxygen atoms in total. The summed E-state index contributed by atoms with van der Waals surface area (Å²) in [5, 5.41) is 0. The van der Waals surface area contributed by atoms with E-state index in [-0.39, 0.29) is 12.1 Å². The van der Waals surface area contributed by atoms with E-state index in [2.05, 4.69) is 13.8 Å². The van der Waals surface area contributed by atoms with Crippen molar-refractivity contribution in [2.45, 2.75) is 60.3 Å². The highest BCUT2D eigenvalue weighted by molar-refractivity contribution is 5.90. The summed E-state index contributed by atoms with van der Waals surface area (Å²) < 4.78 is 10.9. The van der Waals surface area contributed by atoms with E-state index in [1.165, 1.54) is 0 Å². The molecule has 0 N–H and O–H groups in total. The number of nitrogens with zero attached hydrogens (tertiary/aromatic N) is 1. The molecular formula is C20H31NO4. The summed E-state index contributed by atoms with van der Waals surface area (Å²) in [6, 6.07) is 3.59. The highest BCUT2D eigenvalue weighted by Gasteiger charge is 2.20. The van der Waals surface area contributed by atoms with Gasteiger partial charge in [0.05, 0.1) is 12.2 Å². The lowest BCUT2D eigenvalue weighted by Crippen LogP contribution is -2.33. The molecule has 0 spiro atoms. The van der Waals surface area contributed by atoms with Crippen LogP contribution < -0.4 is 4.74 Å². The summed E-state index contributed by atoms with van der Waals surface area (Å²) in [7, 11) is 0. The fourth-order valence-electron chi connectivity index (χ4n) is 2.76. The predicted molar refractivity (Wildman–Crippen MR) is 99.3 cm³/mol. The van der Waals surface area contributed by atoms with Gasteiger partial charge in [-0.3, -0.25) is 0 Å². The molecule has 140 valence electrons. The molecule has 0 saturated heterocycles. The van der Waals surface area contributed by atoms with Gasteiger partial charge in [0.1, 0.15) is 5.75 Å². The van der Waals surface area contributed by atoms with Crippen LogP contribution in [0.3, 0.4) is 0 Å². The molecular weight excluding hydrogens is 318 g/mol. The Labute approximate surface area is 151 Å². The van der Waals surface area contributed by atoms with Gasteiger partial charge < -0.3 is 14.4 Å². The van der Waals surface area contributed by atoms with Crippen LogP contribution in [0.15, 0.2) is 12.1 Å². The van der Waals surface area contributed by atoms with Gasteiger partial charge in [0.2, 0.25) is 0 Å². The normalized spacial score (nSPS) is 10.4. The summed E-state index contributed by atoms with van der Waals surface area (Å²) in [6.45, 7) is 11.3. The summed E-state index contributed by atoms with van der Waals surface area (Å²) in [6.07, 6.45) is 2.93. The Morgan fingerprint density at radius 1 is 0.920 bits per heavy atom. The third-order valence-corrected chi connectivity index (χ3v) is 4.00. The van der Waals surface area contributed by atoms with Gasteiger partial charge in [-0.25, -0.2) is 9.59 Å². The summed E-state index contributed by atoms with van der Waals surface area (Å²) >= 11 is 0. The molecule has 1 amide bonds. The summed E-state index contributed by atoms with van der Waals surface area (Å²) in [5.74, 6) is 0.271. The molecule has 0 bridgehead atoms. The van der Waals surface area contributed by atoms with Crippen molar-refractivity contribution >= 4 is 12.1 Å². The fourth-order valence-corrected chi connectivity index (χ4v) is 2.76. The standard InChI is InChI=1S/C20H31NO4/c1-6-11-15-13-17(19(22)24-10-5)14-16(12-7-2)18(15)25-20(23)21(8-3)9-4/h13-14H,6-12H2,1-5H3. The molecule has 0 aliphatic rings. The van der Waals surface area contributed by atoms with E-state index in [9.17, 15) is 9.59 Å². The van der Waals surface area contributed by atoms with E-state index in [0.29, 0.717) is 31.0 Å². The molecule has 1 aromatic carbocycles. The first-order valence-corrected chi connectivity index (χ1v) is 9.31. The largest absolute Gasteiger partial charge is 0.462 e. The van der Waals surface area contributed by atoms with Crippen molar-refractivity contribution in [2.24, 2.45) is 0 Å². The average molecular weight is 349 g/mol. The minimum absolute atomic E-state index is 0.334. The number of hydrogen-bond acceptors (Lipinski definition) is 4. The molecule has 0 atom stereocenters. The maximum absolute atomic E-state index is 12.4. The maximum atomic E-state index is 12.4. The molecule has 5 heteroatoms. The van der Waals surface area contributed by atoms with Crippen molar-refractivity contribution in [3.63, 3.8) is 0 Å². The summed E-state index contributed by atoms with van der Waals surface area (Å²) in [4.78, 5) is 26.2. The molecule has 25 heavy (non-hydrogen) atoms. The summed E-state index contributed by atoms with van der Waals surface area (Å²) in [5.41, 5.74) is 2.30. The van der Waals surface area contributed by atoms with Crippen molar-refractivity contribution in [2.75, 3.05) is 19.7 Å². The Morgan fingerprint density at radius 3 is 1.84 bits per heavy atom. The third-order valence-electron chi connectivity index (χ3n) is 4.00. The molecule has 0 radical (unpaired) electrons. The quantitative estimate of drug-likeness (QED) is 0.611. The van der Waals surface area contributed by atoms with Gasteiger partial charge in [0.15, 0.2) is 0 Å². The SMILES string of the molecule is CCCc1cc(C(=O)OCC)cc(CCC)c1OC(=O)N(CC)CC. The highest BCUT2D eigenvalue weighted by Crippen LogP contribution is 2.30. The number of aryl methyl sites for hydroxylation is 2. The maximum Gasteiger partial charge on any atom is 0.415 e. The minimum Gasteiger partial charge on any atom is -0.462 e. The van der Waals surface area contributed by atoms with Gasteiger partial charge in [-0.2, -0.15) is 0 Å². The third kappa shape index (κ3) is 5.76. The molecule has 1 aromatic rings. The Hall–Kier alpha value is -2.04. The molecule has 0 unspecified atom stereocenters.